The van der Waals surface area contributed by atoms with Gasteiger partial charge in [0.1, 0.15) is 11.4 Å². The van der Waals surface area contributed by atoms with Crippen LogP contribution >= 0.6 is 11.8 Å². The first kappa shape index (κ1) is 19.7. The number of hydrogen-bond acceptors (Lipinski definition) is 5. The largest absolute Gasteiger partial charge is 0.479 e. The fourth-order valence-electron chi connectivity index (χ4n) is 2.76. The van der Waals surface area contributed by atoms with Gasteiger partial charge < -0.3 is 15.3 Å². The number of carboxylic acid groups (broad SMARTS) is 1. The monoisotopic (exact) mass is 376 g/mol. The standard InChI is InChI=1S/C18H20N2O5S/c1-10(2)15(18(24)25)20-16(23)14(17(20)26-11(3)21)19-13(22)9-12-7-5-4-6-8-12/h4-8,14-15,17H,1,9H2,2-3H3,(H,19,22)(H,24,25)/t14?,15-,17?/m1/s1. The Kier molecular flexibility index (Phi) is 6.20. The van der Waals surface area contributed by atoms with Gasteiger partial charge >= 0.3 is 5.97 Å². The zero-order valence-corrected chi connectivity index (χ0v) is 15.3. The summed E-state index contributed by atoms with van der Waals surface area (Å²) in [5, 5.41) is 10.9. The summed E-state index contributed by atoms with van der Waals surface area (Å²) in [6, 6.07) is 6.84. The molecule has 1 fully saturated rings. The van der Waals surface area contributed by atoms with Crippen LogP contribution in [0.15, 0.2) is 42.5 Å². The maximum absolute atomic E-state index is 12.5. The van der Waals surface area contributed by atoms with Crippen molar-refractivity contribution >= 4 is 34.7 Å². The second-order valence-corrected chi connectivity index (χ2v) is 7.33. The summed E-state index contributed by atoms with van der Waals surface area (Å²) in [6.07, 6.45) is 0.0882. The van der Waals surface area contributed by atoms with Gasteiger partial charge in [-0.15, -0.1) is 0 Å². The number of hydrogen-bond donors (Lipinski definition) is 2. The normalized spacial score (nSPS) is 20.1. The van der Waals surface area contributed by atoms with E-state index in [-0.39, 0.29) is 23.0 Å². The van der Waals surface area contributed by atoms with Gasteiger partial charge in [0.15, 0.2) is 11.2 Å². The topological polar surface area (TPSA) is 104 Å². The van der Waals surface area contributed by atoms with E-state index in [4.69, 9.17) is 0 Å². The number of nitrogens with one attached hydrogen (secondary N) is 1. The highest BCUT2D eigenvalue weighted by atomic mass is 32.2. The van der Waals surface area contributed by atoms with Gasteiger partial charge in [0.05, 0.1) is 6.42 Å². The zero-order valence-electron chi connectivity index (χ0n) is 14.5. The SMILES string of the molecule is C=C(C)[C@H](C(=O)O)N1C(=O)C(NC(=O)Cc2ccccc2)C1SC(C)=O. The van der Waals surface area contributed by atoms with Crippen LogP contribution in [0.2, 0.25) is 0 Å². The highest BCUT2D eigenvalue weighted by Gasteiger charge is 2.54. The summed E-state index contributed by atoms with van der Waals surface area (Å²) in [6.45, 7) is 6.44. The number of carbonyl (C=O) groups excluding carboxylic acids is 3. The molecule has 2 N–H and O–H groups in total. The molecule has 138 valence electrons. The lowest BCUT2D eigenvalue weighted by atomic mass is 9.99. The van der Waals surface area contributed by atoms with Gasteiger partial charge in [-0.05, 0) is 18.1 Å². The highest BCUT2D eigenvalue weighted by Crippen LogP contribution is 2.34. The average molecular weight is 376 g/mol. The van der Waals surface area contributed by atoms with Crippen LogP contribution in [0.1, 0.15) is 19.4 Å². The molecule has 1 aliphatic rings. The molecule has 0 aromatic heterocycles. The van der Waals surface area contributed by atoms with Gasteiger partial charge in [0, 0.05) is 6.92 Å². The van der Waals surface area contributed by atoms with Crippen molar-refractivity contribution in [1.82, 2.24) is 10.2 Å². The van der Waals surface area contributed by atoms with Crippen LogP contribution in [0, 0.1) is 0 Å². The molecule has 2 unspecified atom stereocenters. The van der Waals surface area contributed by atoms with Crippen molar-refractivity contribution in [3.8, 4) is 0 Å². The lowest BCUT2D eigenvalue weighted by molar-refractivity contribution is -0.159. The van der Waals surface area contributed by atoms with Crippen molar-refractivity contribution in [3.63, 3.8) is 0 Å². The van der Waals surface area contributed by atoms with E-state index in [1.54, 1.807) is 24.3 Å². The summed E-state index contributed by atoms with van der Waals surface area (Å²) in [5.41, 5.74) is 1.06. The van der Waals surface area contributed by atoms with Crippen LogP contribution in [0.3, 0.4) is 0 Å². The molecule has 1 aliphatic heterocycles. The third-order valence-corrected chi connectivity index (χ3v) is 4.94. The van der Waals surface area contributed by atoms with E-state index in [9.17, 15) is 24.3 Å². The van der Waals surface area contributed by atoms with Crippen molar-refractivity contribution in [2.75, 3.05) is 0 Å². The van der Waals surface area contributed by atoms with Gasteiger partial charge in [-0.2, -0.15) is 0 Å². The molecule has 7 nitrogen and oxygen atoms in total. The van der Waals surface area contributed by atoms with Crippen molar-refractivity contribution < 1.29 is 24.3 Å². The second-order valence-electron chi connectivity index (χ2n) is 6.04. The van der Waals surface area contributed by atoms with E-state index in [0.717, 1.165) is 22.2 Å². The van der Waals surface area contributed by atoms with Gasteiger partial charge in [0.25, 0.3) is 0 Å². The number of nitrogens with zero attached hydrogens (tertiary/aromatic N) is 1. The fraction of sp³-hybridized carbons (Fsp3) is 0.333. The van der Waals surface area contributed by atoms with E-state index in [0.29, 0.717) is 0 Å². The minimum Gasteiger partial charge on any atom is -0.479 e. The maximum atomic E-state index is 12.5. The predicted octanol–water partition coefficient (Wildman–Crippen LogP) is 1.19. The average Bonchev–Trinajstić information content (AvgIpc) is 2.56. The molecule has 0 bridgehead atoms. The number of thioether (sulfide) groups is 1. The minimum atomic E-state index is -1.23. The number of carbonyl (C=O) groups is 4. The molecule has 0 spiro atoms. The number of rotatable bonds is 7. The smallest absolute Gasteiger partial charge is 0.330 e. The number of carboxylic acids is 1. The quantitative estimate of drug-likeness (QED) is 0.547. The van der Waals surface area contributed by atoms with Crippen molar-refractivity contribution in [3.05, 3.63) is 48.0 Å². The number of amides is 2. The summed E-state index contributed by atoms with van der Waals surface area (Å²) in [5.74, 6) is -2.14. The highest BCUT2D eigenvalue weighted by molar-refractivity contribution is 8.14. The van der Waals surface area contributed by atoms with Crippen LogP contribution in [0.5, 0.6) is 0 Å². The van der Waals surface area contributed by atoms with E-state index < -0.39 is 29.3 Å². The molecular formula is C18H20N2O5S. The lowest BCUT2D eigenvalue weighted by Crippen LogP contribution is -2.73. The lowest BCUT2D eigenvalue weighted by Gasteiger charge is -2.48. The Labute approximate surface area is 155 Å². The van der Waals surface area contributed by atoms with Crippen molar-refractivity contribution in [2.45, 2.75) is 37.7 Å². The first-order valence-corrected chi connectivity index (χ1v) is 8.81. The maximum Gasteiger partial charge on any atom is 0.330 e. The van der Waals surface area contributed by atoms with Gasteiger partial charge in [0.2, 0.25) is 11.8 Å². The summed E-state index contributed by atoms with van der Waals surface area (Å²) >= 11 is 0.820. The summed E-state index contributed by atoms with van der Waals surface area (Å²) in [7, 11) is 0. The Morgan fingerprint density at radius 1 is 1.27 bits per heavy atom. The van der Waals surface area contributed by atoms with Crippen LogP contribution in [-0.4, -0.2) is 50.4 Å². The van der Waals surface area contributed by atoms with Crippen molar-refractivity contribution in [1.29, 1.82) is 0 Å². The first-order valence-electron chi connectivity index (χ1n) is 7.93. The zero-order chi connectivity index (χ0) is 19.4. The predicted molar refractivity (Wildman–Crippen MR) is 97.2 cm³/mol. The molecule has 26 heavy (non-hydrogen) atoms. The number of benzene rings is 1. The van der Waals surface area contributed by atoms with Crippen molar-refractivity contribution in [2.24, 2.45) is 0 Å². The Hall–Kier alpha value is -2.61. The Bertz CT molecular complexity index is 735. The summed E-state index contributed by atoms with van der Waals surface area (Å²) in [4.78, 5) is 48.8. The van der Waals surface area contributed by atoms with Gasteiger partial charge in [-0.3, -0.25) is 14.4 Å². The molecule has 0 aliphatic carbocycles. The minimum absolute atomic E-state index is 0.0882. The molecule has 1 saturated heterocycles. The van der Waals surface area contributed by atoms with E-state index in [2.05, 4.69) is 11.9 Å². The summed E-state index contributed by atoms with van der Waals surface area (Å²) < 4.78 is 0. The molecule has 2 amide bonds. The number of β-lactam (4-membered cyclic amide) rings is 1. The Balaban J connectivity index is 2.13. The van der Waals surface area contributed by atoms with Crippen LogP contribution in [-0.2, 0) is 25.6 Å². The van der Waals surface area contributed by atoms with Gasteiger partial charge in [-0.1, -0.05) is 48.7 Å². The Morgan fingerprint density at radius 2 is 1.88 bits per heavy atom. The van der Waals surface area contributed by atoms with Crippen LogP contribution < -0.4 is 5.32 Å². The second kappa shape index (κ2) is 8.18. The fourth-order valence-corrected chi connectivity index (χ4v) is 3.76. The Morgan fingerprint density at radius 3 is 2.38 bits per heavy atom. The van der Waals surface area contributed by atoms with Crippen LogP contribution in [0.25, 0.3) is 0 Å². The molecule has 1 heterocycles. The molecular weight excluding hydrogens is 356 g/mol. The van der Waals surface area contributed by atoms with E-state index in [1.165, 1.54) is 13.8 Å². The van der Waals surface area contributed by atoms with E-state index >= 15 is 0 Å². The molecule has 1 aromatic carbocycles. The molecule has 0 radical (unpaired) electrons. The molecule has 0 saturated carbocycles. The molecule has 3 atom stereocenters. The molecule has 1 aromatic rings. The third-order valence-electron chi connectivity index (χ3n) is 3.87. The van der Waals surface area contributed by atoms with Crippen LogP contribution in [0.4, 0.5) is 0 Å². The molecule has 2 rings (SSSR count). The first-order chi connectivity index (χ1) is 12.2. The number of aliphatic carboxylic acids is 1. The van der Waals surface area contributed by atoms with E-state index in [1.807, 2.05) is 6.07 Å². The molecule has 8 heteroatoms. The number of likely N-dealkylation sites (tertiary alicyclic amines) is 1. The third kappa shape index (κ3) is 4.32. The van der Waals surface area contributed by atoms with Gasteiger partial charge in [-0.25, -0.2) is 4.79 Å².